The fourth-order valence-corrected chi connectivity index (χ4v) is 4.28. The molecule has 2 saturated heterocycles. The normalized spacial score (nSPS) is 41.6. The van der Waals surface area contributed by atoms with Crippen LogP contribution in [-0.2, 0) is 18.9 Å². The molecule has 3 unspecified atom stereocenters. The zero-order valence-electron chi connectivity index (χ0n) is 16.1. The number of carbonyl (C=O) groups is 1. The number of amides is 1. The lowest BCUT2D eigenvalue weighted by molar-refractivity contribution is -0.118. The second kappa shape index (κ2) is 7.46. The van der Waals surface area contributed by atoms with Gasteiger partial charge in [0.05, 0.1) is 19.1 Å². The maximum Gasteiger partial charge on any atom is 0.407 e. The number of allylic oxidation sites excluding steroid dienone is 1. The smallest absolute Gasteiger partial charge is 0.407 e. The van der Waals surface area contributed by atoms with Gasteiger partial charge in [-0.2, -0.15) is 0 Å². The minimum Gasteiger partial charge on any atom is -0.443 e. The summed E-state index contributed by atoms with van der Waals surface area (Å²) in [6, 6.07) is 0. The van der Waals surface area contributed by atoms with Crippen LogP contribution in [0.1, 0.15) is 33.6 Å². The molecule has 2 aliphatic heterocycles. The molecule has 7 heteroatoms. The van der Waals surface area contributed by atoms with Crippen molar-refractivity contribution in [1.82, 2.24) is 5.32 Å². The van der Waals surface area contributed by atoms with Crippen molar-refractivity contribution in [2.24, 2.45) is 11.8 Å². The van der Waals surface area contributed by atoms with Gasteiger partial charge >= 0.3 is 6.09 Å². The summed E-state index contributed by atoms with van der Waals surface area (Å²) < 4.78 is 23.3. The second-order valence-corrected chi connectivity index (χ2v) is 8.02. The number of hydrogen-bond donors (Lipinski definition) is 2. The molecule has 3 fully saturated rings. The molecular weight excluding hydrogens is 338 g/mol. The monoisotopic (exact) mass is 369 g/mol. The Bertz CT molecular complexity index is 546. The summed E-state index contributed by atoms with van der Waals surface area (Å²) in [5, 5.41) is 11.4. The summed E-state index contributed by atoms with van der Waals surface area (Å²) in [6.45, 7) is 7.10. The average molecular weight is 369 g/mol. The Kier molecular flexibility index (Phi) is 5.63. The third-order valence-corrected chi connectivity index (χ3v) is 5.72. The van der Waals surface area contributed by atoms with Crippen LogP contribution in [0, 0.1) is 11.8 Å². The Labute approximate surface area is 155 Å². The van der Waals surface area contributed by atoms with Crippen molar-refractivity contribution < 1.29 is 28.8 Å². The predicted octanol–water partition coefficient (Wildman–Crippen LogP) is 1.64. The van der Waals surface area contributed by atoms with Gasteiger partial charge in [0.1, 0.15) is 29.5 Å². The van der Waals surface area contributed by atoms with Gasteiger partial charge in [0.25, 0.3) is 0 Å². The number of ether oxygens (including phenoxy) is 4. The van der Waals surface area contributed by atoms with Gasteiger partial charge in [0, 0.05) is 13.7 Å². The Morgan fingerprint density at radius 3 is 2.77 bits per heavy atom. The summed E-state index contributed by atoms with van der Waals surface area (Å²) >= 11 is 0. The topological polar surface area (TPSA) is 92.9 Å². The van der Waals surface area contributed by atoms with E-state index < -0.39 is 6.09 Å². The van der Waals surface area contributed by atoms with Crippen molar-refractivity contribution in [1.29, 1.82) is 0 Å². The number of nitrogens with one attached hydrogen (secondary N) is 1. The number of carbonyl (C=O) groups excluding carboxylic acids is 1. The number of methoxy groups -OCH3 is 1. The van der Waals surface area contributed by atoms with E-state index >= 15 is 0 Å². The summed E-state index contributed by atoms with van der Waals surface area (Å²) in [5.74, 6) is 0.455. The van der Waals surface area contributed by atoms with E-state index in [1.807, 2.05) is 0 Å². The highest BCUT2D eigenvalue weighted by Crippen LogP contribution is 2.59. The third kappa shape index (κ3) is 3.76. The van der Waals surface area contributed by atoms with Gasteiger partial charge in [-0.05, 0) is 25.7 Å². The molecule has 1 amide bonds. The van der Waals surface area contributed by atoms with Crippen molar-refractivity contribution in [2.75, 3.05) is 26.9 Å². The molecule has 6 atom stereocenters. The zero-order chi connectivity index (χ0) is 18.9. The Balaban J connectivity index is 1.73. The van der Waals surface area contributed by atoms with E-state index in [2.05, 4.69) is 38.2 Å². The summed E-state index contributed by atoms with van der Waals surface area (Å²) in [5.41, 5.74) is -0.622. The molecule has 0 aromatic rings. The van der Waals surface area contributed by atoms with Gasteiger partial charge in [-0.15, -0.1) is 0 Å². The quantitative estimate of drug-likeness (QED) is 0.523. The highest BCUT2D eigenvalue weighted by atomic mass is 16.6. The van der Waals surface area contributed by atoms with Crippen molar-refractivity contribution in [3.8, 4) is 0 Å². The minimum atomic E-state index is -0.532. The minimum absolute atomic E-state index is 0.00814. The first-order valence-electron chi connectivity index (χ1n) is 9.44. The first-order chi connectivity index (χ1) is 12.4. The molecule has 2 heterocycles. The van der Waals surface area contributed by atoms with E-state index in [0.717, 1.165) is 6.42 Å². The van der Waals surface area contributed by atoms with Gasteiger partial charge in [-0.25, -0.2) is 4.79 Å². The van der Waals surface area contributed by atoms with Crippen molar-refractivity contribution in [3.05, 3.63) is 12.2 Å². The number of alkyl carbamates (subject to hydrolysis) is 1. The summed E-state index contributed by atoms with van der Waals surface area (Å²) in [7, 11) is 1.64. The van der Waals surface area contributed by atoms with E-state index in [0.29, 0.717) is 18.9 Å². The molecule has 26 heavy (non-hydrogen) atoms. The molecule has 0 radical (unpaired) electrons. The largest absolute Gasteiger partial charge is 0.443 e. The Hall–Kier alpha value is -1.15. The van der Waals surface area contributed by atoms with Crippen molar-refractivity contribution in [3.63, 3.8) is 0 Å². The van der Waals surface area contributed by atoms with E-state index in [4.69, 9.17) is 24.1 Å². The fraction of sp³-hybridized carbons (Fsp3) is 0.842. The van der Waals surface area contributed by atoms with E-state index in [-0.39, 0.29) is 48.6 Å². The highest BCUT2D eigenvalue weighted by molar-refractivity contribution is 5.67. The first kappa shape index (κ1) is 19.6. The molecule has 1 spiro atoms. The lowest BCUT2D eigenvalue weighted by Crippen LogP contribution is -2.56. The van der Waals surface area contributed by atoms with Crippen molar-refractivity contribution >= 4 is 6.09 Å². The van der Waals surface area contributed by atoms with Gasteiger partial charge in [0.2, 0.25) is 0 Å². The molecule has 0 aromatic carbocycles. The first-order valence-corrected chi connectivity index (χ1v) is 9.44. The second-order valence-electron chi connectivity index (χ2n) is 8.02. The fourth-order valence-electron chi connectivity index (χ4n) is 4.28. The average Bonchev–Trinajstić information content (AvgIpc) is 3.50. The van der Waals surface area contributed by atoms with Gasteiger partial charge < -0.3 is 29.4 Å². The molecule has 148 valence electrons. The lowest BCUT2D eigenvalue weighted by atomic mass is 9.68. The molecule has 3 rings (SSSR count). The lowest BCUT2D eigenvalue weighted by Gasteiger charge is -2.42. The highest BCUT2D eigenvalue weighted by Gasteiger charge is 2.72. The molecule has 0 bridgehead atoms. The van der Waals surface area contributed by atoms with E-state index in [1.165, 1.54) is 0 Å². The number of hydrogen-bond acceptors (Lipinski definition) is 6. The molecule has 3 aliphatic rings. The molecular formula is C19H31NO6. The number of rotatable bonds is 7. The third-order valence-electron chi connectivity index (χ3n) is 5.72. The van der Waals surface area contributed by atoms with Gasteiger partial charge in [-0.3, -0.25) is 0 Å². The van der Waals surface area contributed by atoms with Crippen LogP contribution in [0.4, 0.5) is 4.79 Å². The molecule has 2 N–H and O–H groups in total. The van der Waals surface area contributed by atoms with Crippen LogP contribution in [-0.4, -0.2) is 67.6 Å². The zero-order valence-corrected chi connectivity index (χ0v) is 16.1. The Morgan fingerprint density at radius 1 is 1.46 bits per heavy atom. The summed E-state index contributed by atoms with van der Waals surface area (Å²) in [6.07, 6.45) is 4.59. The summed E-state index contributed by atoms with van der Waals surface area (Å²) in [4.78, 5) is 11.9. The van der Waals surface area contributed by atoms with Crippen LogP contribution >= 0.6 is 0 Å². The SMILES string of the molecule is CO[C@H]1C(C2(C)OC2/C=C/C(C)C)[C@]2(CC[C@H]1OC(=O)NCCO)CO2. The molecule has 1 aliphatic carbocycles. The standard InChI is InChI=1S/C19H31NO6/c1-12(2)5-6-14-18(3,26-14)16-15(23-4)13(7-8-19(16)11-24-19)25-17(22)20-9-10-21/h5-6,12-16,21H,7-11H2,1-4H3,(H,20,22)/b6-5+/t13-,14?,15-,16?,18?,19+/m1/s1. The van der Waals surface area contributed by atoms with Crippen LogP contribution < -0.4 is 5.32 Å². The van der Waals surface area contributed by atoms with Crippen molar-refractivity contribution in [2.45, 2.75) is 63.1 Å². The molecule has 1 saturated carbocycles. The van der Waals surface area contributed by atoms with E-state index in [1.54, 1.807) is 7.11 Å². The Morgan fingerprint density at radius 2 is 2.19 bits per heavy atom. The number of aliphatic hydroxyl groups is 1. The van der Waals surface area contributed by atoms with Crippen LogP contribution in [0.15, 0.2) is 12.2 Å². The molecule has 7 nitrogen and oxygen atoms in total. The molecule has 0 aromatic heterocycles. The van der Waals surface area contributed by atoms with Gasteiger partial charge in [-0.1, -0.05) is 26.0 Å². The van der Waals surface area contributed by atoms with Crippen LogP contribution in [0.5, 0.6) is 0 Å². The van der Waals surface area contributed by atoms with Crippen LogP contribution in [0.2, 0.25) is 0 Å². The van der Waals surface area contributed by atoms with Crippen LogP contribution in [0.3, 0.4) is 0 Å². The predicted molar refractivity (Wildman–Crippen MR) is 94.8 cm³/mol. The van der Waals surface area contributed by atoms with Crippen LogP contribution in [0.25, 0.3) is 0 Å². The van der Waals surface area contributed by atoms with Gasteiger partial charge in [0.15, 0.2) is 0 Å². The maximum atomic E-state index is 11.9. The maximum absolute atomic E-state index is 11.9. The van der Waals surface area contributed by atoms with E-state index in [9.17, 15) is 4.79 Å². The number of aliphatic hydroxyl groups excluding tert-OH is 1. The number of epoxide rings is 2.